The van der Waals surface area contributed by atoms with Crippen molar-refractivity contribution in [2.24, 2.45) is 11.8 Å². The van der Waals surface area contributed by atoms with Crippen LogP contribution in [0.4, 0.5) is 4.39 Å². The molecule has 28 heavy (non-hydrogen) atoms. The molecule has 2 aliphatic rings. The van der Waals surface area contributed by atoms with E-state index in [4.69, 9.17) is 0 Å². The summed E-state index contributed by atoms with van der Waals surface area (Å²) in [5, 5.41) is 3.64. The molecule has 2 aliphatic heterocycles. The molecule has 0 aromatic heterocycles. The van der Waals surface area contributed by atoms with Crippen LogP contribution in [0.5, 0.6) is 0 Å². The third kappa shape index (κ3) is 4.22. The molecule has 1 spiro atoms. The van der Waals surface area contributed by atoms with E-state index < -0.39 is 0 Å². The molecule has 5 nitrogen and oxygen atoms in total. The van der Waals surface area contributed by atoms with Crippen molar-refractivity contribution in [2.45, 2.75) is 58.7 Å². The fraction of sp³-hybridized carbons (Fsp3) is 0.636. The molecule has 0 radical (unpaired) electrons. The van der Waals surface area contributed by atoms with Crippen molar-refractivity contribution in [2.75, 3.05) is 19.6 Å². The van der Waals surface area contributed by atoms with E-state index in [1.54, 1.807) is 0 Å². The van der Waals surface area contributed by atoms with Gasteiger partial charge in [-0.25, -0.2) is 4.39 Å². The molecule has 2 heterocycles. The van der Waals surface area contributed by atoms with Crippen LogP contribution in [-0.4, -0.2) is 53.0 Å². The molecule has 1 aromatic rings. The maximum atomic E-state index is 13.1. The average molecular weight is 390 g/mol. The summed E-state index contributed by atoms with van der Waals surface area (Å²) in [6.07, 6.45) is 2.26. The molecule has 1 N–H and O–H groups in total. The van der Waals surface area contributed by atoms with Gasteiger partial charge in [0, 0.05) is 38.0 Å². The molecule has 6 heteroatoms. The van der Waals surface area contributed by atoms with Crippen LogP contribution in [0.3, 0.4) is 0 Å². The number of amides is 2. The first-order chi connectivity index (χ1) is 13.2. The number of rotatable bonds is 5. The largest absolute Gasteiger partial charge is 0.338 e. The van der Waals surface area contributed by atoms with Crippen LogP contribution >= 0.6 is 0 Å². The Bertz CT molecular complexity index is 709. The molecular formula is C22H32FN3O2. The molecule has 2 saturated heterocycles. The zero-order valence-corrected chi connectivity index (χ0v) is 17.4. The van der Waals surface area contributed by atoms with E-state index in [-0.39, 0.29) is 29.3 Å². The smallest absolute Gasteiger partial charge is 0.253 e. The first-order valence-corrected chi connectivity index (χ1v) is 10.4. The Morgan fingerprint density at radius 3 is 2.29 bits per heavy atom. The molecule has 1 unspecified atom stereocenters. The lowest BCUT2D eigenvalue weighted by atomic mass is 9.94. The fourth-order valence-electron chi connectivity index (χ4n) is 4.39. The molecule has 1 atom stereocenters. The van der Waals surface area contributed by atoms with Crippen LogP contribution in [0.2, 0.25) is 0 Å². The minimum absolute atomic E-state index is 0.0756. The van der Waals surface area contributed by atoms with E-state index in [9.17, 15) is 14.0 Å². The Hall–Kier alpha value is -1.95. The van der Waals surface area contributed by atoms with Crippen LogP contribution in [0.25, 0.3) is 0 Å². The highest BCUT2D eigenvalue weighted by atomic mass is 19.1. The monoisotopic (exact) mass is 389 g/mol. The minimum Gasteiger partial charge on any atom is -0.338 e. The highest BCUT2D eigenvalue weighted by Gasteiger charge is 2.51. The van der Waals surface area contributed by atoms with Crippen molar-refractivity contribution in [3.8, 4) is 0 Å². The highest BCUT2D eigenvalue weighted by molar-refractivity contribution is 5.94. The summed E-state index contributed by atoms with van der Waals surface area (Å²) in [5.41, 5.74) is 0.144. The number of halogens is 1. The predicted octanol–water partition coefficient (Wildman–Crippen LogP) is 3.26. The van der Waals surface area contributed by atoms with Gasteiger partial charge in [0.25, 0.3) is 5.91 Å². The summed E-state index contributed by atoms with van der Waals surface area (Å²) in [4.78, 5) is 29.7. The number of nitrogens with one attached hydrogen (secondary N) is 1. The molecular weight excluding hydrogens is 357 g/mol. The van der Waals surface area contributed by atoms with Crippen LogP contribution in [0.15, 0.2) is 24.3 Å². The van der Waals surface area contributed by atoms with E-state index in [0.29, 0.717) is 43.3 Å². The van der Waals surface area contributed by atoms with Gasteiger partial charge in [-0.1, -0.05) is 27.7 Å². The van der Waals surface area contributed by atoms with Crippen molar-refractivity contribution >= 4 is 11.8 Å². The fourth-order valence-corrected chi connectivity index (χ4v) is 4.39. The zero-order chi connectivity index (χ0) is 20.5. The molecule has 3 rings (SSSR count). The summed E-state index contributed by atoms with van der Waals surface area (Å²) in [7, 11) is 0. The van der Waals surface area contributed by atoms with Crippen LogP contribution in [0.1, 0.15) is 57.3 Å². The summed E-state index contributed by atoms with van der Waals surface area (Å²) in [6.45, 7) is 10.4. The van der Waals surface area contributed by atoms with Gasteiger partial charge in [0.15, 0.2) is 0 Å². The summed E-state index contributed by atoms with van der Waals surface area (Å²) in [5.74, 6) is 0.606. The number of carbonyl (C=O) groups excluding carboxylic acids is 2. The quantitative estimate of drug-likeness (QED) is 0.841. The first-order valence-electron chi connectivity index (χ1n) is 10.4. The molecule has 0 saturated carbocycles. The van der Waals surface area contributed by atoms with Gasteiger partial charge in [-0.15, -0.1) is 0 Å². The van der Waals surface area contributed by atoms with Crippen molar-refractivity contribution in [1.29, 1.82) is 0 Å². The average Bonchev–Trinajstić information content (AvgIpc) is 2.87. The first kappa shape index (κ1) is 20.8. The number of hydrogen-bond acceptors (Lipinski definition) is 3. The highest BCUT2D eigenvalue weighted by Crippen LogP contribution is 2.35. The van der Waals surface area contributed by atoms with E-state index in [0.717, 1.165) is 13.0 Å². The lowest BCUT2D eigenvalue weighted by molar-refractivity contribution is -0.134. The lowest BCUT2D eigenvalue weighted by Gasteiger charge is -2.45. The molecule has 1 aromatic carbocycles. The maximum absolute atomic E-state index is 13.1. The van der Waals surface area contributed by atoms with Crippen LogP contribution in [0, 0.1) is 17.7 Å². The summed E-state index contributed by atoms with van der Waals surface area (Å²) in [6, 6.07) is 5.55. The van der Waals surface area contributed by atoms with Gasteiger partial charge in [-0.05, 0) is 42.5 Å². The second-order valence-electron chi connectivity index (χ2n) is 9.00. The van der Waals surface area contributed by atoms with Gasteiger partial charge in [-0.2, -0.15) is 0 Å². The molecule has 2 amide bonds. The summed E-state index contributed by atoms with van der Waals surface area (Å²) >= 11 is 0. The normalized spacial score (nSPS) is 22.0. The zero-order valence-electron chi connectivity index (χ0n) is 17.4. The third-order valence-electron chi connectivity index (χ3n) is 5.75. The van der Waals surface area contributed by atoms with Crippen molar-refractivity contribution in [3.63, 3.8) is 0 Å². The van der Waals surface area contributed by atoms with E-state index >= 15 is 0 Å². The number of nitrogens with zero attached hydrogens (tertiary/aromatic N) is 2. The second kappa shape index (κ2) is 8.19. The van der Waals surface area contributed by atoms with Crippen LogP contribution in [-0.2, 0) is 4.79 Å². The molecule has 2 fully saturated rings. The maximum Gasteiger partial charge on any atom is 0.253 e. The van der Waals surface area contributed by atoms with Gasteiger partial charge in [0.1, 0.15) is 5.82 Å². The van der Waals surface area contributed by atoms with Gasteiger partial charge >= 0.3 is 0 Å². The van der Waals surface area contributed by atoms with E-state index in [2.05, 4.69) is 33.0 Å². The molecule has 154 valence electrons. The number of hydrogen-bond donors (Lipinski definition) is 1. The summed E-state index contributed by atoms with van der Waals surface area (Å²) < 4.78 is 13.1. The van der Waals surface area contributed by atoms with Crippen LogP contribution < -0.4 is 5.32 Å². The van der Waals surface area contributed by atoms with Crippen molar-refractivity contribution < 1.29 is 14.0 Å². The Labute approximate surface area is 167 Å². The van der Waals surface area contributed by atoms with E-state index in [1.165, 1.54) is 24.3 Å². The minimum atomic E-state index is -0.361. The Kier molecular flexibility index (Phi) is 6.08. The molecule has 0 bridgehead atoms. The Balaban J connectivity index is 1.72. The second-order valence-corrected chi connectivity index (χ2v) is 9.00. The Morgan fingerprint density at radius 2 is 1.75 bits per heavy atom. The van der Waals surface area contributed by atoms with Crippen molar-refractivity contribution in [1.82, 2.24) is 15.1 Å². The van der Waals surface area contributed by atoms with Gasteiger partial charge < -0.3 is 9.80 Å². The van der Waals surface area contributed by atoms with Crippen molar-refractivity contribution in [3.05, 3.63) is 35.6 Å². The molecule has 0 aliphatic carbocycles. The topological polar surface area (TPSA) is 52.7 Å². The van der Waals surface area contributed by atoms with Gasteiger partial charge in [-0.3, -0.25) is 14.9 Å². The number of carbonyl (C=O) groups is 2. The lowest BCUT2D eigenvalue weighted by Crippen LogP contribution is -2.60. The Morgan fingerprint density at radius 1 is 1.14 bits per heavy atom. The predicted molar refractivity (Wildman–Crippen MR) is 107 cm³/mol. The number of piperidine rings is 1. The van der Waals surface area contributed by atoms with Gasteiger partial charge in [0.05, 0.1) is 11.7 Å². The number of likely N-dealkylation sites (tertiary alicyclic amines) is 1. The van der Waals surface area contributed by atoms with E-state index in [1.807, 2.05) is 9.80 Å². The third-order valence-corrected chi connectivity index (χ3v) is 5.75. The SMILES string of the molecule is CC(C)CC1NC2(CCN(C(=O)c3ccc(F)cc3)CC2)N(CC(C)C)C1=O. The van der Waals surface area contributed by atoms with Gasteiger partial charge in [0.2, 0.25) is 5.91 Å². The number of benzene rings is 1. The standard InChI is InChI=1S/C22H32FN3O2/c1-15(2)13-19-21(28)26(14-16(3)4)22(24-19)9-11-25(12-10-22)20(27)17-5-7-18(23)8-6-17/h5-8,15-16,19,24H,9-14H2,1-4H3.